The molecule has 15 heavy (non-hydrogen) atoms. The van der Waals surface area contributed by atoms with Gasteiger partial charge in [0.15, 0.2) is 0 Å². The van der Waals surface area contributed by atoms with Crippen LogP contribution in [-0.4, -0.2) is 25.6 Å². The molecular formula is C11H18FN3. The van der Waals surface area contributed by atoms with E-state index in [0.717, 1.165) is 24.3 Å². The zero-order valence-corrected chi connectivity index (χ0v) is 9.55. The Morgan fingerprint density at radius 3 is 2.87 bits per heavy atom. The zero-order chi connectivity index (χ0) is 11.3. The number of anilines is 1. The van der Waals surface area contributed by atoms with Crippen molar-refractivity contribution in [2.45, 2.75) is 19.9 Å². The van der Waals surface area contributed by atoms with Gasteiger partial charge in [-0.1, -0.05) is 6.92 Å². The topological polar surface area (TPSA) is 28.2 Å². The zero-order valence-electron chi connectivity index (χ0n) is 9.55. The van der Waals surface area contributed by atoms with E-state index in [1.54, 1.807) is 0 Å². The minimum atomic E-state index is -0.283. The number of halogens is 1. The molecule has 0 aromatic carbocycles. The van der Waals surface area contributed by atoms with Gasteiger partial charge in [-0.3, -0.25) is 0 Å². The van der Waals surface area contributed by atoms with Crippen LogP contribution in [0.1, 0.15) is 18.9 Å². The van der Waals surface area contributed by atoms with Crippen LogP contribution in [-0.2, 0) is 6.54 Å². The van der Waals surface area contributed by atoms with Gasteiger partial charge in [-0.2, -0.15) is 0 Å². The van der Waals surface area contributed by atoms with Gasteiger partial charge in [0, 0.05) is 25.7 Å². The Hall–Kier alpha value is -1.16. The second kappa shape index (κ2) is 5.66. The van der Waals surface area contributed by atoms with Crippen molar-refractivity contribution in [3.05, 3.63) is 23.6 Å². The van der Waals surface area contributed by atoms with Crippen LogP contribution >= 0.6 is 0 Å². The molecule has 1 aromatic heterocycles. The van der Waals surface area contributed by atoms with Crippen LogP contribution in [0.2, 0.25) is 0 Å². The first-order chi connectivity index (χ1) is 7.19. The highest BCUT2D eigenvalue weighted by atomic mass is 19.1. The molecule has 0 atom stereocenters. The van der Waals surface area contributed by atoms with Gasteiger partial charge in [-0.05, 0) is 19.5 Å². The summed E-state index contributed by atoms with van der Waals surface area (Å²) in [7, 11) is 3.82. The lowest BCUT2D eigenvalue weighted by Crippen LogP contribution is -2.22. The summed E-state index contributed by atoms with van der Waals surface area (Å²) in [4.78, 5) is 6.17. The molecule has 0 spiro atoms. The average Bonchev–Trinajstić information content (AvgIpc) is 2.18. The molecule has 0 bridgehead atoms. The lowest BCUT2D eigenvalue weighted by atomic mass is 10.2. The molecule has 0 radical (unpaired) electrons. The number of pyridine rings is 1. The molecule has 84 valence electrons. The second-order valence-corrected chi connectivity index (χ2v) is 3.59. The maximum Gasteiger partial charge on any atom is 0.141 e. The molecule has 1 heterocycles. The summed E-state index contributed by atoms with van der Waals surface area (Å²) in [5, 5.41) is 3.02. The third kappa shape index (κ3) is 3.16. The van der Waals surface area contributed by atoms with Crippen LogP contribution in [0.15, 0.2) is 12.3 Å². The quantitative estimate of drug-likeness (QED) is 0.804. The van der Waals surface area contributed by atoms with Crippen LogP contribution in [0.3, 0.4) is 0 Å². The SMILES string of the molecule is CCCN(C)c1ncc(F)cc1CNC. The van der Waals surface area contributed by atoms with Gasteiger partial charge in [0.2, 0.25) is 0 Å². The predicted octanol–water partition coefficient (Wildman–Crippen LogP) is 1.79. The molecule has 0 amide bonds. The number of hydrogen-bond acceptors (Lipinski definition) is 3. The van der Waals surface area contributed by atoms with Gasteiger partial charge in [0.1, 0.15) is 11.6 Å². The van der Waals surface area contributed by atoms with Crippen molar-refractivity contribution in [1.82, 2.24) is 10.3 Å². The normalized spacial score (nSPS) is 10.4. The molecule has 0 aliphatic carbocycles. The van der Waals surface area contributed by atoms with E-state index in [4.69, 9.17) is 0 Å². The van der Waals surface area contributed by atoms with Crippen molar-refractivity contribution >= 4 is 5.82 Å². The minimum absolute atomic E-state index is 0.283. The molecule has 0 aliphatic rings. The number of hydrogen-bond donors (Lipinski definition) is 1. The average molecular weight is 211 g/mol. The Bertz CT molecular complexity index is 315. The molecule has 0 unspecified atom stereocenters. The van der Waals surface area contributed by atoms with Crippen molar-refractivity contribution in [2.75, 3.05) is 25.5 Å². The summed E-state index contributed by atoms with van der Waals surface area (Å²) in [5.41, 5.74) is 0.897. The molecule has 3 nitrogen and oxygen atoms in total. The van der Waals surface area contributed by atoms with Gasteiger partial charge >= 0.3 is 0 Å². The predicted molar refractivity (Wildman–Crippen MR) is 60.5 cm³/mol. The molecule has 0 saturated carbocycles. The maximum absolute atomic E-state index is 13.0. The molecule has 1 rings (SSSR count). The van der Waals surface area contributed by atoms with Crippen LogP contribution in [0.5, 0.6) is 0 Å². The van der Waals surface area contributed by atoms with E-state index in [0.29, 0.717) is 6.54 Å². The van der Waals surface area contributed by atoms with Crippen LogP contribution < -0.4 is 10.2 Å². The molecule has 0 aliphatic heterocycles. The van der Waals surface area contributed by atoms with E-state index in [-0.39, 0.29) is 5.82 Å². The third-order valence-corrected chi connectivity index (χ3v) is 2.20. The van der Waals surface area contributed by atoms with Gasteiger partial charge in [0.05, 0.1) is 6.20 Å². The van der Waals surface area contributed by atoms with E-state index < -0.39 is 0 Å². The van der Waals surface area contributed by atoms with Crippen LogP contribution in [0.4, 0.5) is 10.2 Å². The Balaban J connectivity index is 2.93. The highest BCUT2D eigenvalue weighted by Gasteiger charge is 2.08. The molecule has 0 saturated heterocycles. The molecule has 1 N–H and O–H groups in total. The monoisotopic (exact) mass is 211 g/mol. The Morgan fingerprint density at radius 2 is 2.27 bits per heavy atom. The Morgan fingerprint density at radius 1 is 1.53 bits per heavy atom. The summed E-state index contributed by atoms with van der Waals surface area (Å²) < 4.78 is 13.0. The smallest absolute Gasteiger partial charge is 0.141 e. The fourth-order valence-corrected chi connectivity index (χ4v) is 1.58. The van der Waals surface area contributed by atoms with Gasteiger partial charge in [0.25, 0.3) is 0 Å². The van der Waals surface area contributed by atoms with Crippen molar-refractivity contribution in [3.8, 4) is 0 Å². The van der Waals surface area contributed by atoms with Gasteiger partial charge < -0.3 is 10.2 Å². The van der Waals surface area contributed by atoms with Crippen molar-refractivity contribution in [2.24, 2.45) is 0 Å². The number of aromatic nitrogens is 1. The molecule has 0 fully saturated rings. The minimum Gasteiger partial charge on any atom is -0.359 e. The molecule has 4 heteroatoms. The van der Waals surface area contributed by atoms with E-state index in [2.05, 4.69) is 17.2 Å². The fraction of sp³-hybridized carbons (Fsp3) is 0.545. The van der Waals surface area contributed by atoms with Crippen molar-refractivity contribution < 1.29 is 4.39 Å². The number of nitrogens with zero attached hydrogens (tertiary/aromatic N) is 2. The van der Waals surface area contributed by atoms with Gasteiger partial charge in [-0.15, -0.1) is 0 Å². The summed E-state index contributed by atoms with van der Waals surface area (Å²) in [6, 6.07) is 1.53. The van der Waals surface area contributed by atoms with E-state index in [1.807, 2.05) is 19.0 Å². The lowest BCUT2D eigenvalue weighted by Gasteiger charge is -2.20. The van der Waals surface area contributed by atoms with E-state index in [1.165, 1.54) is 12.3 Å². The highest BCUT2D eigenvalue weighted by molar-refractivity contribution is 5.46. The fourth-order valence-electron chi connectivity index (χ4n) is 1.58. The first kappa shape index (κ1) is 11.9. The number of nitrogens with one attached hydrogen (secondary N) is 1. The first-order valence-electron chi connectivity index (χ1n) is 5.19. The van der Waals surface area contributed by atoms with Crippen molar-refractivity contribution in [3.63, 3.8) is 0 Å². The van der Waals surface area contributed by atoms with E-state index >= 15 is 0 Å². The Labute approximate surface area is 90.3 Å². The summed E-state index contributed by atoms with van der Waals surface area (Å²) in [6.45, 7) is 3.67. The molecule has 1 aromatic rings. The van der Waals surface area contributed by atoms with Gasteiger partial charge in [-0.25, -0.2) is 9.37 Å². The third-order valence-electron chi connectivity index (χ3n) is 2.20. The first-order valence-corrected chi connectivity index (χ1v) is 5.19. The standard InChI is InChI=1S/C11H18FN3/c1-4-5-15(3)11-9(7-13-2)6-10(12)8-14-11/h6,8,13H,4-5,7H2,1-3H3. The maximum atomic E-state index is 13.0. The Kier molecular flexibility index (Phi) is 4.49. The largest absolute Gasteiger partial charge is 0.359 e. The van der Waals surface area contributed by atoms with E-state index in [9.17, 15) is 4.39 Å². The second-order valence-electron chi connectivity index (χ2n) is 3.59. The highest BCUT2D eigenvalue weighted by Crippen LogP contribution is 2.17. The van der Waals surface area contributed by atoms with Crippen LogP contribution in [0.25, 0.3) is 0 Å². The molecular weight excluding hydrogens is 193 g/mol. The van der Waals surface area contributed by atoms with Crippen molar-refractivity contribution in [1.29, 1.82) is 0 Å². The summed E-state index contributed by atoms with van der Waals surface area (Å²) in [6.07, 6.45) is 2.31. The van der Waals surface area contributed by atoms with Crippen LogP contribution in [0, 0.1) is 5.82 Å². The lowest BCUT2D eigenvalue weighted by molar-refractivity contribution is 0.615. The summed E-state index contributed by atoms with van der Waals surface area (Å²) in [5.74, 6) is 0.571. The number of rotatable bonds is 5. The summed E-state index contributed by atoms with van der Waals surface area (Å²) >= 11 is 0.